The zero-order valence-electron chi connectivity index (χ0n) is 16.5. The van der Waals surface area contributed by atoms with E-state index in [-0.39, 0.29) is 18.5 Å². The van der Waals surface area contributed by atoms with Crippen LogP contribution in [0, 0.1) is 0 Å². The number of hydrogen-bond donors (Lipinski definition) is 3. The lowest BCUT2D eigenvalue weighted by molar-refractivity contribution is -0.138. The van der Waals surface area contributed by atoms with Gasteiger partial charge in [0.25, 0.3) is 0 Å². The van der Waals surface area contributed by atoms with Gasteiger partial charge in [-0.1, -0.05) is 19.1 Å². The van der Waals surface area contributed by atoms with E-state index in [1.165, 1.54) is 23.9 Å². The summed E-state index contributed by atoms with van der Waals surface area (Å²) in [6.07, 6.45) is -4.53. The molecule has 0 saturated heterocycles. The first-order chi connectivity index (χ1) is 14.6. The second kappa shape index (κ2) is 10.9. The van der Waals surface area contributed by atoms with Gasteiger partial charge in [-0.25, -0.2) is 0 Å². The van der Waals surface area contributed by atoms with Crippen LogP contribution in [0.4, 0.5) is 24.5 Å². The third-order valence-corrected chi connectivity index (χ3v) is 5.44. The van der Waals surface area contributed by atoms with Crippen LogP contribution in [0.25, 0.3) is 0 Å². The van der Waals surface area contributed by atoms with E-state index < -0.39 is 34.8 Å². The minimum absolute atomic E-state index is 0.0540. The number of rotatable bonds is 9. The first-order valence-electron chi connectivity index (χ1n) is 9.35. The molecular formula is C21H21F3N2O4S. The summed E-state index contributed by atoms with van der Waals surface area (Å²) in [5.41, 5.74) is -0.343. The van der Waals surface area contributed by atoms with Gasteiger partial charge in [-0.05, 0) is 42.8 Å². The van der Waals surface area contributed by atoms with Crippen molar-refractivity contribution in [1.82, 2.24) is 0 Å². The Kier molecular flexibility index (Phi) is 8.49. The van der Waals surface area contributed by atoms with Crippen LogP contribution < -0.4 is 10.6 Å². The molecule has 2 amide bonds. The van der Waals surface area contributed by atoms with Gasteiger partial charge in [-0.2, -0.15) is 13.2 Å². The molecular weight excluding hydrogens is 433 g/mol. The number of halogens is 3. The van der Waals surface area contributed by atoms with Crippen LogP contribution in [0.2, 0.25) is 0 Å². The van der Waals surface area contributed by atoms with Crippen molar-refractivity contribution in [3.8, 4) is 0 Å². The second-order valence-electron chi connectivity index (χ2n) is 6.55. The van der Waals surface area contributed by atoms with Gasteiger partial charge >= 0.3 is 12.1 Å². The average Bonchev–Trinajstić information content (AvgIpc) is 2.70. The molecule has 2 aromatic rings. The van der Waals surface area contributed by atoms with Gasteiger partial charge in [-0.3, -0.25) is 14.4 Å². The molecule has 0 aliphatic heterocycles. The van der Waals surface area contributed by atoms with Gasteiger partial charge in [0.2, 0.25) is 11.8 Å². The molecule has 0 aliphatic carbocycles. The maximum absolute atomic E-state index is 12.9. The van der Waals surface area contributed by atoms with Gasteiger partial charge in [0.1, 0.15) is 0 Å². The molecule has 0 aromatic heterocycles. The number of benzene rings is 2. The van der Waals surface area contributed by atoms with Gasteiger partial charge in [0.15, 0.2) is 0 Å². The van der Waals surface area contributed by atoms with E-state index in [4.69, 9.17) is 5.11 Å². The quantitative estimate of drug-likeness (QED) is 0.463. The maximum atomic E-state index is 12.9. The molecule has 0 aliphatic rings. The monoisotopic (exact) mass is 454 g/mol. The molecule has 31 heavy (non-hydrogen) atoms. The lowest BCUT2D eigenvalue weighted by atomic mass is 10.2. The van der Waals surface area contributed by atoms with Crippen LogP contribution >= 0.6 is 11.8 Å². The Hall–Kier alpha value is -3.01. The van der Waals surface area contributed by atoms with Gasteiger partial charge in [-0.15, -0.1) is 11.8 Å². The van der Waals surface area contributed by atoms with Crippen molar-refractivity contribution in [1.29, 1.82) is 0 Å². The maximum Gasteiger partial charge on any atom is 0.416 e. The Morgan fingerprint density at radius 1 is 1.00 bits per heavy atom. The normalized spacial score (nSPS) is 12.1. The number of nitrogens with one attached hydrogen (secondary N) is 2. The fourth-order valence-electron chi connectivity index (χ4n) is 2.57. The summed E-state index contributed by atoms with van der Waals surface area (Å²) < 4.78 is 38.6. The Morgan fingerprint density at radius 2 is 1.65 bits per heavy atom. The van der Waals surface area contributed by atoms with Crippen LogP contribution in [-0.4, -0.2) is 28.1 Å². The Labute approximate surface area is 181 Å². The Morgan fingerprint density at radius 3 is 2.26 bits per heavy atom. The third kappa shape index (κ3) is 7.97. The predicted octanol–water partition coefficient (Wildman–Crippen LogP) is 5.02. The third-order valence-electron chi connectivity index (χ3n) is 4.08. The van der Waals surface area contributed by atoms with Crippen molar-refractivity contribution >= 4 is 40.9 Å². The molecule has 0 saturated carbocycles. The van der Waals surface area contributed by atoms with Gasteiger partial charge in [0.05, 0.1) is 17.2 Å². The zero-order chi connectivity index (χ0) is 23.0. The first-order valence-corrected chi connectivity index (χ1v) is 10.2. The summed E-state index contributed by atoms with van der Waals surface area (Å²) >= 11 is 1.21. The van der Waals surface area contributed by atoms with Crippen molar-refractivity contribution in [2.24, 2.45) is 0 Å². The van der Waals surface area contributed by atoms with Crippen LogP contribution in [0.1, 0.15) is 31.7 Å². The molecule has 166 valence electrons. The SMILES string of the molecule is CCC(Sc1cccc(NC(=O)CCC(=O)O)c1)C(=O)Nc1cccc(C(F)(F)F)c1. The molecule has 1 unspecified atom stereocenters. The van der Waals surface area contributed by atoms with Crippen molar-refractivity contribution in [2.75, 3.05) is 10.6 Å². The minimum atomic E-state index is -4.50. The highest BCUT2D eigenvalue weighted by Gasteiger charge is 2.30. The molecule has 0 fully saturated rings. The van der Waals surface area contributed by atoms with E-state index in [0.717, 1.165) is 12.1 Å². The first kappa shape index (κ1) is 24.3. The average molecular weight is 454 g/mol. The lowest BCUT2D eigenvalue weighted by Gasteiger charge is -2.16. The number of alkyl halides is 3. The van der Waals surface area contributed by atoms with E-state index in [9.17, 15) is 27.6 Å². The number of carbonyl (C=O) groups excluding carboxylic acids is 2. The fraction of sp³-hybridized carbons (Fsp3) is 0.286. The highest BCUT2D eigenvalue weighted by Crippen LogP contribution is 2.32. The van der Waals surface area contributed by atoms with E-state index in [0.29, 0.717) is 17.0 Å². The highest BCUT2D eigenvalue weighted by molar-refractivity contribution is 8.00. The summed E-state index contributed by atoms with van der Waals surface area (Å²) in [4.78, 5) is 35.6. The number of hydrogen-bond acceptors (Lipinski definition) is 4. The number of carboxylic acids is 1. The summed E-state index contributed by atoms with van der Waals surface area (Å²) in [6, 6.07) is 11.1. The Balaban J connectivity index is 2.03. The van der Waals surface area contributed by atoms with E-state index in [2.05, 4.69) is 10.6 Å². The summed E-state index contributed by atoms with van der Waals surface area (Å²) in [5, 5.41) is 13.2. The number of carbonyl (C=O) groups is 3. The second-order valence-corrected chi connectivity index (χ2v) is 7.83. The Bertz CT molecular complexity index is 950. The molecule has 0 heterocycles. The molecule has 0 radical (unpaired) electrons. The van der Waals surface area contributed by atoms with Crippen molar-refractivity contribution < 1.29 is 32.7 Å². The molecule has 0 bridgehead atoms. The lowest BCUT2D eigenvalue weighted by Crippen LogP contribution is -2.24. The molecule has 3 N–H and O–H groups in total. The summed E-state index contributed by atoms with van der Waals surface area (Å²) in [7, 11) is 0. The van der Waals surface area contributed by atoms with Crippen LogP contribution in [0.3, 0.4) is 0 Å². The molecule has 10 heteroatoms. The molecule has 2 aromatic carbocycles. The van der Waals surface area contributed by atoms with Gasteiger partial charge in [0, 0.05) is 22.7 Å². The molecule has 6 nitrogen and oxygen atoms in total. The molecule has 1 atom stereocenters. The largest absolute Gasteiger partial charge is 0.481 e. The minimum Gasteiger partial charge on any atom is -0.481 e. The highest BCUT2D eigenvalue weighted by atomic mass is 32.2. The summed E-state index contributed by atoms with van der Waals surface area (Å²) in [5.74, 6) is -1.96. The summed E-state index contributed by atoms with van der Waals surface area (Å²) in [6.45, 7) is 1.78. The number of aliphatic carboxylic acids is 1. The van der Waals surface area contributed by atoms with Crippen LogP contribution in [0.5, 0.6) is 0 Å². The van der Waals surface area contributed by atoms with E-state index in [1.54, 1.807) is 31.2 Å². The molecule has 0 spiro atoms. The van der Waals surface area contributed by atoms with E-state index in [1.807, 2.05) is 0 Å². The van der Waals surface area contributed by atoms with E-state index >= 15 is 0 Å². The van der Waals surface area contributed by atoms with Gasteiger partial charge < -0.3 is 15.7 Å². The number of thioether (sulfide) groups is 1. The smallest absolute Gasteiger partial charge is 0.416 e. The molecule has 2 rings (SSSR count). The van der Waals surface area contributed by atoms with Crippen molar-refractivity contribution in [2.45, 2.75) is 42.5 Å². The van der Waals surface area contributed by atoms with Crippen LogP contribution in [-0.2, 0) is 20.6 Å². The number of anilines is 2. The number of amides is 2. The number of carboxylic acid groups (broad SMARTS) is 1. The topological polar surface area (TPSA) is 95.5 Å². The predicted molar refractivity (Wildman–Crippen MR) is 112 cm³/mol. The zero-order valence-corrected chi connectivity index (χ0v) is 17.3. The standard InChI is InChI=1S/C21H21F3N2O4S/c1-2-17(20(30)26-14-6-3-5-13(11-14)21(22,23)24)31-16-8-4-7-15(12-16)25-18(27)9-10-19(28)29/h3-8,11-12,17H,2,9-10H2,1H3,(H,25,27)(H,26,30)(H,28,29). The van der Waals surface area contributed by atoms with Crippen molar-refractivity contribution in [3.63, 3.8) is 0 Å². The van der Waals surface area contributed by atoms with Crippen molar-refractivity contribution in [3.05, 3.63) is 54.1 Å². The fourth-order valence-corrected chi connectivity index (χ4v) is 3.59. The van der Waals surface area contributed by atoms with Crippen LogP contribution in [0.15, 0.2) is 53.4 Å².